The number of carbonyl (C=O) groups excluding carboxylic acids is 1. The molecule has 2 heteroatoms. The van der Waals surface area contributed by atoms with Gasteiger partial charge >= 0.3 is 0 Å². The Morgan fingerprint density at radius 2 is 1.76 bits per heavy atom. The summed E-state index contributed by atoms with van der Waals surface area (Å²) in [5.74, 6) is 1.77. The molecule has 2 unspecified atom stereocenters. The number of rotatable bonds is 4. The van der Waals surface area contributed by atoms with Crippen molar-refractivity contribution in [1.29, 1.82) is 0 Å². The zero-order valence-corrected chi connectivity index (χ0v) is 10.7. The summed E-state index contributed by atoms with van der Waals surface area (Å²) in [6, 6.07) is 10.0. The normalized spacial score (nSPS) is 25.1. The first-order valence-electron chi connectivity index (χ1n) is 6.43. The van der Waals surface area contributed by atoms with Gasteiger partial charge in [0.05, 0.1) is 6.54 Å². The number of benzene rings is 1. The number of likely N-dealkylation sites (tertiary alicyclic amines) is 1. The monoisotopic (exact) mass is 231 g/mol. The van der Waals surface area contributed by atoms with Gasteiger partial charge in [-0.25, -0.2) is 0 Å². The lowest BCUT2D eigenvalue weighted by atomic mass is 10.0. The van der Waals surface area contributed by atoms with Crippen LogP contribution in [-0.4, -0.2) is 30.3 Å². The molecule has 17 heavy (non-hydrogen) atoms. The van der Waals surface area contributed by atoms with Gasteiger partial charge in [-0.15, -0.1) is 0 Å². The summed E-state index contributed by atoms with van der Waals surface area (Å²) in [5, 5.41) is 0. The summed E-state index contributed by atoms with van der Waals surface area (Å²) in [4.78, 5) is 14.2. The van der Waals surface area contributed by atoms with E-state index >= 15 is 0 Å². The van der Waals surface area contributed by atoms with Gasteiger partial charge in [-0.3, -0.25) is 9.69 Å². The number of Topliss-reactive ketones (excluding diaryl/α,β-unsaturated/α-hetero) is 1. The quantitative estimate of drug-likeness (QED) is 0.793. The Hall–Kier alpha value is -1.15. The molecular formula is C15H21NO. The van der Waals surface area contributed by atoms with Crippen LogP contribution in [0.1, 0.15) is 19.4 Å². The first-order chi connectivity index (χ1) is 8.15. The summed E-state index contributed by atoms with van der Waals surface area (Å²) in [7, 11) is 0. The number of carbonyl (C=O) groups is 1. The van der Waals surface area contributed by atoms with Crippen LogP contribution in [0.15, 0.2) is 30.3 Å². The lowest BCUT2D eigenvalue weighted by Gasteiger charge is -2.14. The van der Waals surface area contributed by atoms with Crippen molar-refractivity contribution >= 4 is 5.78 Å². The van der Waals surface area contributed by atoms with Crippen LogP contribution < -0.4 is 0 Å². The zero-order valence-electron chi connectivity index (χ0n) is 10.7. The lowest BCUT2D eigenvalue weighted by Crippen LogP contribution is -2.28. The Bertz CT molecular complexity index is 364. The third-order valence-electron chi connectivity index (χ3n) is 3.71. The van der Waals surface area contributed by atoms with Gasteiger partial charge in [0.15, 0.2) is 5.78 Å². The molecule has 0 spiro atoms. The molecule has 1 heterocycles. The minimum atomic E-state index is 0.331. The van der Waals surface area contributed by atoms with E-state index in [1.807, 2.05) is 30.3 Å². The molecule has 1 aliphatic heterocycles. The fourth-order valence-electron chi connectivity index (χ4n) is 2.51. The van der Waals surface area contributed by atoms with E-state index in [-0.39, 0.29) is 0 Å². The van der Waals surface area contributed by atoms with Crippen LogP contribution in [0.3, 0.4) is 0 Å². The van der Waals surface area contributed by atoms with Crippen molar-refractivity contribution in [2.45, 2.75) is 20.3 Å². The summed E-state index contributed by atoms with van der Waals surface area (Å²) in [5.41, 5.74) is 1.12. The van der Waals surface area contributed by atoms with Crippen LogP contribution in [0.2, 0.25) is 0 Å². The lowest BCUT2D eigenvalue weighted by molar-refractivity contribution is -0.119. The molecule has 0 radical (unpaired) electrons. The van der Waals surface area contributed by atoms with Gasteiger partial charge in [-0.05, 0) is 17.4 Å². The minimum absolute atomic E-state index is 0.331. The fraction of sp³-hybridized carbons (Fsp3) is 0.533. The highest BCUT2D eigenvalue weighted by Gasteiger charge is 2.26. The Morgan fingerprint density at radius 3 is 2.35 bits per heavy atom. The first kappa shape index (κ1) is 12.3. The molecule has 0 N–H and O–H groups in total. The van der Waals surface area contributed by atoms with Crippen molar-refractivity contribution in [3.63, 3.8) is 0 Å². The van der Waals surface area contributed by atoms with Crippen LogP contribution in [0, 0.1) is 11.8 Å². The Labute approximate surface area is 104 Å². The van der Waals surface area contributed by atoms with Gasteiger partial charge in [0.25, 0.3) is 0 Å². The molecule has 0 bridgehead atoms. The second kappa shape index (κ2) is 5.46. The third kappa shape index (κ3) is 3.40. The largest absolute Gasteiger partial charge is 0.298 e. The van der Waals surface area contributed by atoms with E-state index in [1.165, 1.54) is 0 Å². The number of nitrogens with zero attached hydrogens (tertiary/aromatic N) is 1. The maximum absolute atomic E-state index is 11.9. The average molecular weight is 231 g/mol. The topological polar surface area (TPSA) is 20.3 Å². The van der Waals surface area contributed by atoms with Crippen molar-refractivity contribution in [2.75, 3.05) is 19.6 Å². The molecule has 2 nitrogen and oxygen atoms in total. The van der Waals surface area contributed by atoms with E-state index in [0.717, 1.165) is 30.5 Å². The number of hydrogen-bond acceptors (Lipinski definition) is 2. The van der Waals surface area contributed by atoms with Crippen molar-refractivity contribution in [3.8, 4) is 0 Å². The Morgan fingerprint density at radius 1 is 1.18 bits per heavy atom. The molecule has 2 rings (SSSR count). The van der Waals surface area contributed by atoms with Crippen molar-refractivity contribution in [3.05, 3.63) is 35.9 Å². The number of hydrogen-bond donors (Lipinski definition) is 0. The van der Waals surface area contributed by atoms with Gasteiger partial charge < -0.3 is 0 Å². The molecule has 1 saturated heterocycles. The highest BCUT2D eigenvalue weighted by molar-refractivity contribution is 5.82. The minimum Gasteiger partial charge on any atom is -0.298 e. The fourth-order valence-corrected chi connectivity index (χ4v) is 2.51. The molecular weight excluding hydrogens is 210 g/mol. The van der Waals surface area contributed by atoms with E-state index in [4.69, 9.17) is 0 Å². The van der Waals surface area contributed by atoms with Gasteiger partial charge in [0.2, 0.25) is 0 Å². The van der Waals surface area contributed by atoms with E-state index in [1.54, 1.807) is 0 Å². The molecule has 0 aromatic heterocycles. The SMILES string of the molecule is CC1CN(CC(=O)Cc2ccccc2)CC1C. The van der Waals surface area contributed by atoms with Gasteiger partial charge in [-0.2, -0.15) is 0 Å². The van der Waals surface area contributed by atoms with Crippen LogP contribution in [-0.2, 0) is 11.2 Å². The van der Waals surface area contributed by atoms with E-state index < -0.39 is 0 Å². The summed E-state index contributed by atoms with van der Waals surface area (Å²) < 4.78 is 0. The molecule has 1 fully saturated rings. The third-order valence-corrected chi connectivity index (χ3v) is 3.71. The van der Waals surface area contributed by atoms with Crippen LogP contribution in [0.25, 0.3) is 0 Å². The zero-order chi connectivity index (χ0) is 12.3. The molecule has 1 aromatic rings. The average Bonchev–Trinajstić information content (AvgIpc) is 2.59. The van der Waals surface area contributed by atoms with Gasteiger partial charge in [-0.1, -0.05) is 44.2 Å². The van der Waals surface area contributed by atoms with Crippen LogP contribution >= 0.6 is 0 Å². The first-order valence-corrected chi connectivity index (χ1v) is 6.43. The molecule has 0 saturated carbocycles. The van der Waals surface area contributed by atoms with Crippen molar-refractivity contribution in [1.82, 2.24) is 4.90 Å². The Balaban J connectivity index is 1.82. The van der Waals surface area contributed by atoms with Crippen molar-refractivity contribution in [2.24, 2.45) is 11.8 Å². The predicted octanol–water partition coefficient (Wildman–Crippen LogP) is 2.39. The molecule has 2 atom stereocenters. The maximum atomic E-state index is 11.9. The molecule has 0 aliphatic carbocycles. The second-order valence-electron chi connectivity index (χ2n) is 5.35. The summed E-state index contributed by atoms with van der Waals surface area (Å²) in [6.07, 6.45) is 0.570. The van der Waals surface area contributed by atoms with Crippen LogP contribution in [0.5, 0.6) is 0 Å². The van der Waals surface area contributed by atoms with E-state index in [0.29, 0.717) is 18.7 Å². The molecule has 1 aromatic carbocycles. The highest BCUT2D eigenvalue weighted by Crippen LogP contribution is 2.21. The summed E-state index contributed by atoms with van der Waals surface area (Å²) in [6.45, 7) is 7.30. The van der Waals surface area contributed by atoms with E-state index in [9.17, 15) is 4.79 Å². The maximum Gasteiger partial charge on any atom is 0.151 e. The predicted molar refractivity (Wildman–Crippen MR) is 69.9 cm³/mol. The molecule has 1 aliphatic rings. The van der Waals surface area contributed by atoms with Gasteiger partial charge in [0.1, 0.15) is 0 Å². The molecule has 92 valence electrons. The molecule has 0 amide bonds. The van der Waals surface area contributed by atoms with Crippen molar-refractivity contribution < 1.29 is 4.79 Å². The number of ketones is 1. The second-order valence-corrected chi connectivity index (χ2v) is 5.35. The summed E-state index contributed by atoms with van der Waals surface area (Å²) >= 11 is 0. The standard InChI is InChI=1S/C15H21NO/c1-12-9-16(10-13(12)2)11-15(17)8-14-6-4-3-5-7-14/h3-7,12-13H,8-11H2,1-2H3. The smallest absolute Gasteiger partial charge is 0.151 e. The van der Waals surface area contributed by atoms with Gasteiger partial charge in [0, 0.05) is 19.5 Å². The van der Waals surface area contributed by atoms with Crippen LogP contribution in [0.4, 0.5) is 0 Å². The van der Waals surface area contributed by atoms with E-state index in [2.05, 4.69) is 18.7 Å². The Kier molecular flexibility index (Phi) is 3.95. The highest BCUT2D eigenvalue weighted by atomic mass is 16.1.